The summed E-state index contributed by atoms with van der Waals surface area (Å²) in [7, 11) is 0. The van der Waals surface area contributed by atoms with E-state index in [1.807, 2.05) is 13.0 Å². The summed E-state index contributed by atoms with van der Waals surface area (Å²) in [6, 6.07) is 5.40. The molecule has 98 valence electrons. The maximum Gasteiger partial charge on any atom is 0.256 e. The van der Waals surface area contributed by atoms with Gasteiger partial charge in [-0.25, -0.2) is 9.97 Å². The van der Waals surface area contributed by atoms with Gasteiger partial charge in [0.25, 0.3) is 5.91 Å². The number of carbonyl (C=O) groups is 1. The number of aryl methyl sites for hydroxylation is 1. The van der Waals surface area contributed by atoms with Crippen molar-refractivity contribution in [3.63, 3.8) is 0 Å². The molecule has 0 saturated heterocycles. The number of hydrogen-bond acceptors (Lipinski definition) is 3. The van der Waals surface area contributed by atoms with Crippen LogP contribution in [0.4, 0.5) is 5.82 Å². The van der Waals surface area contributed by atoms with Gasteiger partial charge in [0.05, 0.1) is 6.20 Å². The molecule has 0 saturated carbocycles. The molecule has 0 spiro atoms. The molecule has 2 rings (SSSR count). The normalized spacial score (nSPS) is 10.3. The zero-order chi connectivity index (χ0) is 14.0. The van der Waals surface area contributed by atoms with E-state index in [4.69, 9.17) is 0 Å². The highest BCUT2D eigenvalue weighted by Gasteiger charge is 2.11. The van der Waals surface area contributed by atoms with E-state index in [0.29, 0.717) is 20.6 Å². The Kier molecular flexibility index (Phi) is 4.70. The lowest BCUT2D eigenvalue weighted by Gasteiger charge is -2.07. The van der Waals surface area contributed by atoms with Gasteiger partial charge in [-0.15, -0.1) is 0 Å². The summed E-state index contributed by atoms with van der Waals surface area (Å²) in [5.41, 5.74) is 1.62. The number of rotatable bonds is 2. The van der Waals surface area contributed by atoms with Crippen LogP contribution in [0.5, 0.6) is 0 Å². The molecular weight excluding hydrogens is 442 g/mol. The number of anilines is 1. The van der Waals surface area contributed by atoms with Crippen LogP contribution >= 0.6 is 47.8 Å². The smallest absolute Gasteiger partial charge is 0.256 e. The van der Waals surface area contributed by atoms with E-state index in [0.717, 1.165) is 10.0 Å². The third-order valence-electron chi connectivity index (χ3n) is 2.37. The SMILES string of the molecule is Cc1ccc(C(=O)Nc2ncc(Br)nc2Br)cc1Br. The highest BCUT2D eigenvalue weighted by molar-refractivity contribution is 9.11. The van der Waals surface area contributed by atoms with Crippen LogP contribution in [0.2, 0.25) is 0 Å². The molecule has 0 radical (unpaired) electrons. The number of aromatic nitrogens is 2. The van der Waals surface area contributed by atoms with Gasteiger partial charge in [-0.3, -0.25) is 4.79 Å². The molecule has 0 aliphatic rings. The lowest BCUT2D eigenvalue weighted by molar-refractivity contribution is 0.102. The van der Waals surface area contributed by atoms with Crippen molar-refractivity contribution in [3.8, 4) is 0 Å². The second-order valence-electron chi connectivity index (χ2n) is 3.75. The number of hydrogen-bond donors (Lipinski definition) is 1. The average molecular weight is 450 g/mol. The van der Waals surface area contributed by atoms with Crippen molar-refractivity contribution in [2.75, 3.05) is 5.32 Å². The lowest BCUT2D eigenvalue weighted by atomic mass is 10.1. The van der Waals surface area contributed by atoms with Crippen molar-refractivity contribution in [2.45, 2.75) is 6.92 Å². The van der Waals surface area contributed by atoms with Crippen LogP contribution in [-0.4, -0.2) is 15.9 Å². The van der Waals surface area contributed by atoms with Crippen LogP contribution in [-0.2, 0) is 0 Å². The minimum absolute atomic E-state index is 0.238. The average Bonchev–Trinajstić information content (AvgIpc) is 2.36. The molecule has 0 atom stereocenters. The van der Waals surface area contributed by atoms with Gasteiger partial charge in [-0.1, -0.05) is 22.0 Å². The first-order valence-electron chi connectivity index (χ1n) is 5.23. The number of amides is 1. The van der Waals surface area contributed by atoms with Crippen molar-refractivity contribution < 1.29 is 4.79 Å². The number of nitrogens with one attached hydrogen (secondary N) is 1. The first-order chi connectivity index (χ1) is 8.97. The number of nitrogens with zero attached hydrogens (tertiary/aromatic N) is 2. The Hall–Kier alpha value is -0.790. The molecule has 1 amide bonds. The zero-order valence-electron chi connectivity index (χ0n) is 9.75. The molecule has 1 aromatic carbocycles. The van der Waals surface area contributed by atoms with Crippen molar-refractivity contribution in [1.29, 1.82) is 0 Å². The number of benzene rings is 1. The quantitative estimate of drug-likeness (QED) is 0.742. The summed E-state index contributed by atoms with van der Waals surface area (Å²) in [4.78, 5) is 20.3. The molecule has 0 aliphatic heterocycles. The monoisotopic (exact) mass is 447 g/mol. The minimum atomic E-state index is -0.238. The fourth-order valence-corrected chi connectivity index (χ4v) is 2.63. The molecule has 1 heterocycles. The summed E-state index contributed by atoms with van der Waals surface area (Å²) < 4.78 is 1.96. The molecule has 0 bridgehead atoms. The van der Waals surface area contributed by atoms with Crippen LogP contribution in [0, 0.1) is 6.92 Å². The van der Waals surface area contributed by atoms with E-state index >= 15 is 0 Å². The summed E-state index contributed by atoms with van der Waals surface area (Å²) in [6.45, 7) is 1.96. The highest BCUT2D eigenvalue weighted by atomic mass is 79.9. The Morgan fingerprint density at radius 1 is 1.26 bits per heavy atom. The summed E-state index contributed by atoms with van der Waals surface area (Å²) in [5.74, 6) is 0.142. The molecule has 0 aliphatic carbocycles. The molecule has 1 aromatic heterocycles. The molecule has 1 N–H and O–H groups in total. The zero-order valence-corrected chi connectivity index (χ0v) is 14.5. The van der Waals surface area contributed by atoms with Crippen molar-refractivity contribution in [1.82, 2.24) is 9.97 Å². The predicted molar refractivity (Wildman–Crippen MR) is 84.3 cm³/mol. The van der Waals surface area contributed by atoms with E-state index in [1.54, 1.807) is 12.1 Å². The van der Waals surface area contributed by atoms with Gasteiger partial charge in [-0.2, -0.15) is 0 Å². The van der Waals surface area contributed by atoms with Crippen molar-refractivity contribution >= 4 is 59.5 Å². The van der Waals surface area contributed by atoms with E-state index in [-0.39, 0.29) is 5.91 Å². The largest absolute Gasteiger partial charge is 0.304 e. The van der Waals surface area contributed by atoms with Crippen molar-refractivity contribution in [2.24, 2.45) is 0 Å². The van der Waals surface area contributed by atoms with Gasteiger partial charge in [0.15, 0.2) is 5.82 Å². The third-order valence-corrected chi connectivity index (χ3v) is 4.16. The van der Waals surface area contributed by atoms with Gasteiger partial charge in [0, 0.05) is 10.0 Å². The number of halogens is 3. The Balaban J connectivity index is 2.23. The fraction of sp³-hybridized carbons (Fsp3) is 0.0833. The second-order valence-corrected chi connectivity index (χ2v) is 6.17. The summed E-state index contributed by atoms with van der Waals surface area (Å²) in [6.07, 6.45) is 1.52. The van der Waals surface area contributed by atoms with Gasteiger partial charge in [0.1, 0.15) is 9.21 Å². The highest BCUT2D eigenvalue weighted by Crippen LogP contribution is 2.21. The van der Waals surface area contributed by atoms with Gasteiger partial charge in [0.2, 0.25) is 0 Å². The Morgan fingerprint density at radius 3 is 2.63 bits per heavy atom. The maximum atomic E-state index is 12.1. The van der Waals surface area contributed by atoms with E-state index in [2.05, 4.69) is 63.1 Å². The Labute approximate surface area is 135 Å². The fourth-order valence-electron chi connectivity index (χ4n) is 1.34. The summed E-state index contributed by atoms with van der Waals surface area (Å²) in [5, 5.41) is 2.70. The third kappa shape index (κ3) is 3.61. The van der Waals surface area contributed by atoms with Gasteiger partial charge < -0.3 is 5.32 Å². The Bertz CT molecular complexity index is 646. The topological polar surface area (TPSA) is 54.9 Å². The molecule has 0 fully saturated rings. The number of carbonyl (C=O) groups excluding carboxylic acids is 1. The van der Waals surface area contributed by atoms with E-state index < -0.39 is 0 Å². The second kappa shape index (κ2) is 6.11. The van der Waals surface area contributed by atoms with Crippen LogP contribution in [0.25, 0.3) is 0 Å². The van der Waals surface area contributed by atoms with Crippen LogP contribution in [0.1, 0.15) is 15.9 Å². The molecule has 19 heavy (non-hydrogen) atoms. The maximum absolute atomic E-state index is 12.1. The minimum Gasteiger partial charge on any atom is -0.304 e. The molecule has 2 aromatic rings. The van der Waals surface area contributed by atoms with Crippen LogP contribution in [0.3, 0.4) is 0 Å². The predicted octanol–water partition coefficient (Wildman–Crippen LogP) is 4.32. The van der Waals surface area contributed by atoms with Gasteiger partial charge in [-0.05, 0) is 56.5 Å². The Morgan fingerprint density at radius 2 is 2.00 bits per heavy atom. The molecule has 7 heteroatoms. The van der Waals surface area contributed by atoms with Crippen LogP contribution < -0.4 is 5.32 Å². The van der Waals surface area contributed by atoms with E-state index in [9.17, 15) is 4.79 Å². The summed E-state index contributed by atoms with van der Waals surface area (Å²) >= 11 is 9.85. The van der Waals surface area contributed by atoms with Gasteiger partial charge >= 0.3 is 0 Å². The molecule has 4 nitrogen and oxygen atoms in total. The molecular formula is C12H8Br3N3O. The van der Waals surface area contributed by atoms with Crippen molar-refractivity contribution in [3.05, 3.63) is 49.2 Å². The molecule has 0 unspecified atom stereocenters. The van der Waals surface area contributed by atoms with Crippen LogP contribution in [0.15, 0.2) is 38.1 Å². The first kappa shape index (κ1) is 14.6. The lowest BCUT2D eigenvalue weighted by Crippen LogP contribution is -2.14. The first-order valence-corrected chi connectivity index (χ1v) is 7.61. The van der Waals surface area contributed by atoms with E-state index in [1.165, 1.54) is 6.20 Å². The standard InChI is InChI=1S/C12H8Br3N3O/c1-6-2-3-7(4-8(6)13)12(19)18-11-10(15)17-9(14)5-16-11/h2-5H,1H3,(H,16,18,19).